The molecule has 1 aromatic rings. The normalized spacial score (nSPS) is 19.0. The average molecular weight is 464 g/mol. The van der Waals surface area contributed by atoms with Crippen molar-refractivity contribution in [2.24, 2.45) is 10.4 Å². The van der Waals surface area contributed by atoms with Crippen molar-refractivity contribution in [1.29, 1.82) is 0 Å². The van der Waals surface area contributed by atoms with E-state index >= 15 is 0 Å². The van der Waals surface area contributed by atoms with Crippen molar-refractivity contribution in [2.75, 3.05) is 33.4 Å². The number of hydrogen-bond acceptors (Lipinski definition) is 4. The maximum absolute atomic E-state index is 5.32. The Balaban J connectivity index is 0.00000208. The Kier molecular flexibility index (Phi) is 7.30. The molecule has 1 N–H and O–H groups in total. The highest BCUT2D eigenvalue weighted by Gasteiger charge is 2.33. The van der Waals surface area contributed by atoms with E-state index in [2.05, 4.69) is 31.1 Å². The molecule has 1 aliphatic heterocycles. The smallest absolute Gasteiger partial charge is 0.194 e. The summed E-state index contributed by atoms with van der Waals surface area (Å²) in [5.41, 5.74) is 1.55. The van der Waals surface area contributed by atoms with Crippen LogP contribution in [0.5, 0.6) is 0 Å². The van der Waals surface area contributed by atoms with Gasteiger partial charge in [-0.05, 0) is 32.6 Å². The monoisotopic (exact) mass is 464 g/mol. The molecule has 2 aliphatic rings. The van der Waals surface area contributed by atoms with Gasteiger partial charge >= 0.3 is 0 Å². The lowest BCUT2D eigenvalue weighted by Crippen LogP contribution is -2.44. The number of aryl methyl sites for hydroxylation is 2. The largest absolute Gasteiger partial charge is 0.380 e. The van der Waals surface area contributed by atoms with Gasteiger partial charge in [0.05, 0.1) is 32.0 Å². The van der Waals surface area contributed by atoms with Crippen molar-refractivity contribution in [2.45, 2.75) is 46.1 Å². The summed E-state index contributed by atoms with van der Waals surface area (Å²) in [7, 11) is 2.10. The molecule has 2 heterocycles. The molecule has 5 nitrogen and oxygen atoms in total. The Labute approximate surface area is 166 Å². The maximum Gasteiger partial charge on any atom is 0.194 e. The quantitative estimate of drug-likeness (QED) is 0.414. The molecule has 1 aliphatic carbocycles. The fraction of sp³-hybridized carbons (Fsp3) is 0.765. The zero-order valence-corrected chi connectivity index (χ0v) is 18.1. The number of guanidine groups is 1. The molecule has 1 fully saturated rings. The third-order valence-electron chi connectivity index (χ3n) is 4.47. The Morgan fingerprint density at radius 1 is 1.38 bits per heavy atom. The Hall–Kier alpha value is -0.410. The van der Waals surface area contributed by atoms with Crippen molar-refractivity contribution in [3.8, 4) is 0 Å². The first kappa shape index (κ1) is 19.9. The predicted octanol–water partition coefficient (Wildman–Crippen LogP) is 3.07. The van der Waals surface area contributed by atoms with E-state index in [0.29, 0.717) is 0 Å². The van der Waals surface area contributed by atoms with Gasteiger partial charge in [-0.1, -0.05) is 6.92 Å². The van der Waals surface area contributed by atoms with Gasteiger partial charge < -0.3 is 15.0 Å². The third kappa shape index (κ3) is 4.82. The van der Waals surface area contributed by atoms with Gasteiger partial charge in [0.15, 0.2) is 5.96 Å². The minimum absolute atomic E-state index is 0. The molecule has 0 radical (unpaired) electrons. The van der Waals surface area contributed by atoms with Gasteiger partial charge in [-0.2, -0.15) is 0 Å². The SMILES string of the molecule is CCNC(=NCC1(C)COC1)N(C)Cc1nc2c(s1)CCCC2.I. The van der Waals surface area contributed by atoms with Crippen molar-refractivity contribution < 1.29 is 4.74 Å². The van der Waals surface area contributed by atoms with Gasteiger partial charge in [-0.15, -0.1) is 35.3 Å². The molecule has 1 saturated heterocycles. The summed E-state index contributed by atoms with van der Waals surface area (Å²) in [6, 6.07) is 0. The molecule has 0 saturated carbocycles. The van der Waals surface area contributed by atoms with Gasteiger partial charge in [0.25, 0.3) is 0 Å². The summed E-state index contributed by atoms with van der Waals surface area (Å²) in [5.74, 6) is 0.966. The van der Waals surface area contributed by atoms with Crippen LogP contribution in [0, 0.1) is 5.41 Å². The van der Waals surface area contributed by atoms with Crippen LogP contribution < -0.4 is 5.32 Å². The van der Waals surface area contributed by atoms with Gasteiger partial charge in [0, 0.05) is 23.9 Å². The van der Waals surface area contributed by atoms with Crippen LogP contribution in [0.1, 0.15) is 42.3 Å². The third-order valence-corrected chi connectivity index (χ3v) is 5.61. The molecule has 7 heteroatoms. The molecular weight excluding hydrogens is 435 g/mol. The number of thiazole rings is 1. The summed E-state index contributed by atoms with van der Waals surface area (Å²) in [6.07, 6.45) is 4.97. The van der Waals surface area contributed by atoms with Crippen molar-refractivity contribution >= 4 is 41.3 Å². The molecule has 136 valence electrons. The highest BCUT2D eigenvalue weighted by atomic mass is 127. The van der Waals surface area contributed by atoms with Crippen LogP contribution in [0.15, 0.2) is 4.99 Å². The van der Waals surface area contributed by atoms with E-state index in [9.17, 15) is 0 Å². The Morgan fingerprint density at radius 3 is 2.75 bits per heavy atom. The second-order valence-corrected chi connectivity index (χ2v) is 8.18. The number of fused-ring (bicyclic) bond motifs is 1. The van der Waals surface area contributed by atoms with Crippen LogP contribution in [0.2, 0.25) is 0 Å². The zero-order chi connectivity index (χ0) is 16.3. The van der Waals surface area contributed by atoms with E-state index in [4.69, 9.17) is 14.7 Å². The molecule has 0 spiro atoms. The molecule has 0 amide bonds. The number of aromatic nitrogens is 1. The van der Waals surface area contributed by atoms with E-state index in [1.54, 1.807) is 0 Å². The van der Waals surface area contributed by atoms with Gasteiger partial charge in [0.1, 0.15) is 5.01 Å². The van der Waals surface area contributed by atoms with E-state index in [1.807, 2.05) is 11.3 Å². The first-order chi connectivity index (χ1) is 11.1. The molecule has 3 rings (SSSR count). The van der Waals surface area contributed by atoms with Crippen molar-refractivity contribution in [1.82, 2.24) is 15.2 Å². The molecular formula is C17H29IN4OS. The second-order valence-electron chi connectivity index (χ2n) is 7.01. The van der Waals surface area contributed by atoms with Crippen molar-refractivity contribution in [3.63, 3.8) is 0 Å². The summed E-state index contributed by atoms with van der Waals surface area (Å²) in [6.45, 7) is 8.51. The number of aliphatic imine (C=N–C) groups is 1. The molecule has 0 unspecified atom stereocenters. The lowest BCUT2D eigenvalue weighted by atomic mass is 9.89. The maximum atomic E-state index is 5.32. The first-order valence-corrected chi connectivity index (χ1v) is 9.46. The Morgan fingerprint density at radius 2 is 2.12 bits per heavy atom. The van der Waals surface area contributed by atoms with Crippen LogP contribution in [0.3, 0.4) is 0 Å². The lowest BCUT2D eigenvalue weighted by Gasteiger charge is -2.37. The minimum atomic E-state index is 0. The average Bonchev–Trinajstić information content (AvgIpc) is 2.91. The zero-order valence-electron chi connectivity index (χ0n) is 14.9. The number of nitrogens with zero attached hydrogens (tertiary/aromatic N) is 3. The number of hydrogen-bond donors (Lipinski definition) is 1. The fourth-order valence-corrected chi connectivity index (χ4v) is 4.24. The van der Waals surface area contributed by atoms with E-state index < -0.39 is 0 Å². The summed E-state index contributed by atoms with van der Waals surface area (Å²) < 4.78 is 5.32. The molecule has 1 aromatic heterocycles. The topological polar surface area (TPSA) is 49.8 Å². The number of halogens is 1. The first-order valence-electron chi connectivity index (χ1n) is 8.64. The van der Waals surface area contributed by atoms with Crippen LogP contribution >= 0.6 is 35.3 Å². The highest BCUT2D eigenvalue weighted by Crippen LogP contribution is 2.28. The summed E-state index contributed by atoms with van der Waals surface area (Å²) >= 11 is 1.88. The number of rotatable bonds is 5. The minimum Gasteiger partial charge on any atom is -0.380 e. The standard InChI is InChI=1S/C17H28N4OS.HI/c1-4-18-16(19-10-17(2)11-22-12-17)21(3)9-15-20-13-7-5-6-8-14(13)23-15;/h4-12H2,1-3H3,(H,18,19);1H. The number of ether oxygens (including phenoxy) is 1. The van der Waals surface area contributed by atoms with Crippen LogP contribution in [-0.4, -0.2) is 49.2 Å². The summed E-state index contributed by atoms with van der Waals surface area (Å²) in [5, 5.41) is 4.61. The van der Waals surface area contributed by atoms with E-state index in [0.717, 1.165) is 45.2 Å². The fourth-order valence-electron chi connectivity index (χ4n) is 3.03. The lowest BCUT2D eigenvalue weighted by molar-refractivity contribution is -0.0946. The van der Waals surface area contributed by atoms with Crippen LogP contribution in [-0.2, 0) is 24.1 Å². The van der Waals surface area contributed by atoms with Crippen LogP contribution in [0.25, 0.3) is 0 Å². The predicted molar refractivity (Wildman–Crippen MR) is 111 cm³/mol. The van der Waals surface area contributed by atoms with Gasteiger partial charge in [0.2, 0.25) is 0 Å². The highest BCUT2D eigenvalue weighted by molar-refractivity contribution is 14.0. The van der Waals surface area contributed by atoms with E-state index in [-0.39, 0.29) is 29.4 Å². The molecule has 24 heavy (non-hydrogen) atoms. The van der Waals surface area contributed by atoms with Gasteiger partial charge in [-0.25, -0.2) is 4.98 Å². The molecule has 0 atom stereocenters. The molecule has 0 bridgehead atoms. The van der Waals surface area contributed by atoms with Gasteiger partial charge in [-0.3, -0.25) is 4.99 Å². The van der Waals surface area contributed by atoms with E-state index in [1.165, 1.54) is 34.8 Å². The van der Waals surface area contributed by atoms with Crippen molar-refractivity contribution in [3.05, 3.63) is 15.6 Å². The summed E-state index contributed by atoms with van der Waals surface area (Å²) in [4.78, 5) is 13.3. The molecule has 0 aromatic carbocycles. The van der Waals surface area contributed by atoms with Crippen LogP contribution in [0.4, 0.5) is 0 Å². The second kappa shape index (κ2) is 8.80. The Bertz CT molecular complexity index is 547. The number of nitrogens with one attached hydrogen (secondary N) is 1.